The van der Waals surface area contributed by atoms with Crippen LogP contribution in [0.5, 0.6) is 0 Å². The molecule has 0 fully saturated rings. The van der Waals surface area contributed by atoms with E-state index in [4.69, 9.17) is 11.6 Å². The highest BCUT2D eigenvalue weighted by Gasteiger charge is 2.21. The first-order valence-electron chi connectivity index (χ1n) is 5.32. The summed E-state index contributed by atoms with van der Waals surface area (Å²) in [7, 11) is -4.07. The SMILES string of the molecule is O=S(=O)(Nc1ccccc1CCl)c1ncccc1F. The van der Waals surface area contributed by atoms with Crippen molar-refractivity contribution in [2.45, 2.75) is 10.9 Å². The van der Waals surface area contributed by atoms with Crippen molar-refractivity contribution >= 4 is 27.3 Å². The molecule has 0 spiro atoms. The van der Waals surface area contributed by atoms with Crippen LogP contribution in [0.3, 0.4) is 0 Å². The number of sulfonamides is 1. The normalized spacial score (nSPS) is 11.3. The summed E-state index contributed by atoms with van der Waals surface area (Å²) in [6.45, 7) is 0. The molecule has 1 heterocycles. The van der Waals surface area contributed by atoms with Gasteiger partial charge in [-0.15, -0.1) is 11.6 Å². The van der Waals surface area contributed by atoms with Crippen molar-refractivity contribution in [2.75, 3.05) is 4.72 Å². The van der Waals surface area contributed by atoms with Gasteiger partial charge in [-0.1, -0.05) is 18.2 Å². The molecule has 0 bridgehead atoms. The second kappa shape index (κ2) is 5.54. The van der Waals surface area contributed by atoms with Crippen LogP contribution in [-0.4, -0.2) is 13.4 Å². The molecule has 0 aliphatic rings. The van der Waals surface area contributed by atoms with Crippen LogP contribution in [-0.2, 0) is 15.9 Å². The van der Waals surface area contributed by atoms with Crippen LogP contribution in [0.2, 0.25) is 0 Å². The van der Waals surface area contributed by atoms with Crippen molar-refractivity contribution < 1.29 is 12.8 Å². The molecule has 0 saturated carbocycles. The molecule has 0 aliphatic carbocycles. The summed E-state index contributed by atoms with van der Waals surface area (Å²) >= 11 is 5.71. The van der Waals surface area contributed by atoms with Gasteiger partial charge < -0.3 is 0 Å². The lowest BCUT2D eigenvalue weighted by atomic mass is 10.2. The van der Waals surface area contributed by atoms with Gasteiger partial charge in [-0.25, -0.2) is 9.37 Å². The summed E-state index contributed by atoms with van der Waals surface area (Å²) in [5, 5.41) is -0.639. The van der Waals surface area contributed by atoms with E-state index in [1.807, 2.05) is 0 Å². The molecular weight excluding hydrogens is 291 g/mol. The predicted octanol–water partition coefficient (Wildman–Crippen LogP) is 2.76. The first-order chi connectivity index (χ1) is 9.04. The Morgan fingerprint density at radius 3 is 2.63 bits per heavy atom. The Bertz CT molecular complexity index is 692. The summed E-state index contributed by atoms with van der Waals surface area (Å²) in [5.41, 5.74) is 0.909. The molecule has 1 aromatic carbocycles. The minimum absolute atomic E-state index is 0.142. The highest BCUT2D eigenvalue weighted by Crippen LogP contribution is 2.21. The van der Waals surface area contributed by atoms with E-state index in [2.05, 4.69) is 9.71 Å². The van der Waals surface area contributed by atoms with Crippen LogP contribution >= 0.6 is 11.6 Å². The van der Waals surface area contributed by atoms with E-state index in [-0.39, 0.29) is 5.88 Å². The first kappa shape index (κ1) is 13.8. The number of para-hydroxylation sites is 1. The van der Waals surface area contributed by atoms with Crippen LogP contribution in [0.4, 0.5) is 10.1 Å². The van der Waals surface area contributed by atoms with Gasteiger partial charge in [0.1, 0.15) is 0 Å². The number of pyridine rings is 1. The molecule has 0 unspecified atom stereocenters. The molecule has 0 aliphatic heterocycles. The second-order valence-electron chi connectivity index (χ2n) is 3.69. The number of nitrogens with zero attached hydrogens (tertiary/aromatic N) is 1. The van der Waals surface area contributed by atoms with Gasteiger partial charge in [0.2, 0.25) is 5.03 Å². The van der Waals surface area contributed by atoms with Gasteiger partial charge in [-0.05, 0) is 23.8 Å². The Morgan fingerprint density at radius 2 is 1.95 bits per heavy atom. The Labute approximate surface area is 115 Å². The lowest BCUT2D eigenvalue weighted by Crippen LogP contribution is -2.17. The molecule has 1 N–H and O–H groups in total. The third-order valence-corrected chi connectivity index (χ3v) is 3.97. The fourth-order valence-corrected chi connectivity index (χ4v) is 2.84. The third kappa shape index (κ3) is 3.02. The molecule has 0 amide bonds. The summed E-state index contributed by atoms with van der Waals surface area (Å²) < 4.78 is 39.8. The minimum atomic E-state index is -4.07. The smallest absolute Gasteiger partial charge is 0.278 e. The Morgan fingerprint density at radius 1 is 1.21 bits per heavy atom. The van der Waals surface area contributed by atoms with E-state index in [0.717, 1.165) is 6.07 Å². The molecule has 19 heavy (non-hydrogen) atoms. The van der Waals surface area contributed by atoms with E-state index in [9.17, 15) is 12.8 Å². The van der Waals surface area contributed by atoms with Crippen molar-refractivity contribution in [1.82, 2.24) is 4.98 Å². The third-order valence-electron chi connectivity index (χ3n) is 2.38. The molecule has 4 nitrogen and oxygen atoms in total. The van der Waals surface area contributed by atoms with Crippen LogP contribution in [0.1, 0.15) is 5.56 Å². The van der Waals surface area contributed by atoms with Gasteiger partial charge in [0.05, 0.1) is 5.69 Å². The van der Waals surface area contributed by atoms with Gasteiger partial charge >= 0.3 is 0 Å². The van der Waals surface area contributed by atoms with E-state index in [1.165, 1.54) is 12.3 Å². The van der Waals surface area contributed by atoms with Gasteiger partial charge in [-0.2, -0.15) is 8.42 Å². The second-order valence-corrected chi connectivity index (χ2v) is 5.55. The van der Waals surface area contributed by atoms with Crippen LogP contribution in [0.25, 0.3) is 0 Å². The highest BCUT2D eigenvalue weighted by molar-refractivity contribution is 7.92. The van der Waals surface area contributed by atoms with Crippen molar-refractivity contribution in [3.8, 4) is 0 Å². The molecular formula is C12H10ClFN2O2S. The zero-order valence-corrected chi connectivity index (χ0v) is 11.2. The highest BCUT2D eigenvalue weighted by atomic mass is 35.5. The first-order valence-corrected chi connectivity index (χ1v) is 7.33. The largest absolute Gasteiger partial charge is 0.282 e. The molecule has 0 saturated heterocycles. The monoisotopic (exact) mass is 300 g/mol. The molecule has 2 rings (SSSR count). The van der Waals surface area contributed by atoms with Crippen molar-refractivity contribution in [3.05, 3.63) is 54.0 Å². The topological polar surface area (TPSA) is 59.1 Å². The van der Waals surface area contributed by atoms with Crippen molar-refractivity contribution in [1.29, 1.82) is 0 Å². The maximum absolute atomic E-state index is 13.5. The standard InChI is InChI=1S/C12H10ClFN2O2S/c13-8-9-4-1-2-6-11(9)16-19(17,18)12-10(14)5-3-7-15-12/h1-7,16H,8H2. The lowest BCUT2D eigenvalue weighted by molar-refractivity contribution is 0.557. The van der Waals surface area contributed by atoms with E-state index in [1.54, 1.807) is 24.3 Å². The predicted molar refractivity (Wildman–Crippen MR) is 71.0 cm³/mol. The van der Waals surface area contributed by atoms with Gasteiger partial charge in [0.25, 0.3) is 10.0 Å². The fraction of sp³-hybridized carbons (Fsp3) is 0.0833. The maximum Gasteiger partial charge on any atom is 0.282 e. The van der Waals surface area contributed by atoms with Crippen LogP contribution in [0.15, 0.2) is 47.6 Å². The van der Waals surface area contributed by atoms with Gasteiger partial charge in [0, 0.05) is 12.1 Å². The zero-order valence-electron chi connectivity index (χ0n) is 9.68. The Balaban J connectivity index is 2.40. The molecule has 7 heteroatoms. The number of aromatic nitrogens is 1. The van der Waals surface area contributed by atoms with Gasteiger partial charge in [0.15, 0.2) is 5.82 Å². The van der Waals surface area contributed by atoms with E-state index < -0.39 is 20.9 Å². The molecule has 2 aromatic rings. The quantitative estimate of drug-likeness (QED) is 0.883. The number of benzene rings is 1. The Kier molecular flexibility index (Phi) is 4.01. The summed E-state index contributed by atoms with van der Waals surface area (Å²) in [5.74, 6) is -0.762. The average molecular weight is 301 g/mol. The van der Waals surface area contributed by atoms with E-state index in [0.29, 0.717) is 11.3 Å². The zero-order chi connectivity index (χ0) is 13.9. The number of nitrogens with one attached hydrogen (secondary N) is 1. The van der Waals surface area contributed by atoms with Crippen molar-refractivity contribution in [3.63, 3.8) is 0 Å². The number of rotatable bonds is 4. The minimum Gasteiger partial charge on any atom is -0.278 e. The number of hydrogen-bond acceptors (Lipinski definition) is 3. The molecule has 100 valence electrons. The van der Waals surface area contributed by atoms with Crippen LogP contribution < -0.4 is 4.72 Å². The summed E-state index contributed by atoms with van der Waals surface area (Å²) in [4.78, 5) is 3.54. The van der Waals surface area contributed by atoms with Gasteiger partial charge in [-0.3, -0.25) is 4.72 Å². The summed E-state index contributed by atoms with van der Waals surface area (Å²) in [6, 6.07) is 8.98. The van der Waals surface area contributed by atoms with E-state index >= 15 is 0 Å². The molecule has 0 radical (unpaired) electrons. The average Bonchev–Trinajstić information content (AvgIpc) is 2.39. The van der Waals surface area contributed by atoms with Crippen LogP contribution in [0, 0.1) is 5.82 Å². The number of anilines is 1. The number of alkyl halides is 1. The summed E-state index contributed by atoms with van der Waals surface area (Å²) in [6.07, 6.45) is 1.21. The molecule has 0 atom stereocenters. The molecule has 1 aromatic heterocycles. The fourth-order valence-electron chi connectivity index (χ4n) is 1.50. The lowest BCUT2D eigenvalue weighted by Gasteiger charge is -2.10. The number of halogens is 2. The number of hydrogen-bond donors (Lipinski definition) is 1. The maximum atomic E-state index is 13.5. The Hall–Kier alpha value is -1.66. The van der Waals surface area contributed by atoms with Crippen molar-refractivity contribution in [2.24, 2.45) is 0 Å².